The van der Waals surface area contributed by atoms with Crippen LogP contribution in [-0.2, 0) is 0 Å². The minimum atomic E-state index is 0.278. The first-order valence-electron chi connectivity index (χ1n) is 7.73. The van der Waals surface area contributed by atoms with Crippen molar-refractivity contribution >= 4 is 29.5 Å². The molecule has 0 aliphatic carbocycles. The topological polar surface area (TPSA) is 30.9 Å². The average Bonchev–Trinajstić information content (AvgIpc) is 2.88. The van der Waals surface area contributed by atoms with E-state index in [0.717, 1.165) is 25.6 Å². The van der Waals surface area contributed by atoms with Gasteiger partial charge in [-0.3, -0.25) is 4.99 Å². The predicted octanol–water partition coefficient (Wildman–Crippen LogP) is 1.83. The molecule has 2 aliphatic heterocycles. The van der Waals surface area contributed by atoms with Crippen molar-refractivity contribution in [3.05, 3.63) is 0 Å². The molecule has 1 N–H and O–H groups in total. The highest BCUT2D eigenvalue weighted by Crippen LogP contribution is 2.32. The first kappa shape index (κ1) is 17.3. The quantitative estimate of drug-likeness (QED) is 0.630. The second kappa shape index (κ2) is 7.01. The van der Waals surface area contributed by atoms with Crippen LogP contribution >= 0.6 is 23.5 Å². The third-order valence-electron chi connectivity index (χ3n) is 4.54. The van der Waals surface area contributed by atoms with Crippen LogP contribution < -0.4 is 5.32 Å². The summed E-state index contributed by atoms with van der Waals surface area (Å²) >= 11 is 4.13. The molecule has 2 rings (SSSR count). The number of nitrogens with zero attached hydrogens (tertiary/aromatic N) is 3. The third-order valence-corrected chi connectivity index (χ3v) is 7.08. The van der Waals surface area contributed by atoms with Crippen LogP contribution in [0.5, 0.6) is 0 Å². The van der Waals surface area contributed by atoms with Crippen molar-refractivity contribution in [2.45, 2.75) is 30.6 Å². The summed E-state index contributed by atoms with van der Waals surface area (Å²) in [5.74, 6) is 4.74. The first-order valence-corrected chi connectivity index (χ1v) is 9.87. The Morgan fingerprint density at radius 2 is 2.10 bits per heavy atom. The number of guanidine groups is 1. The summed E-state index contributed by atoms with van der Waals surface area (Å²) in [6.07, 6.45) is 1.26. The van der Waals surface area contributed by atoms with Gasteiger partial charge in [-0.15, -0.1) is 0 Å². The molecule has 0 aromatic heterocycles. The van der Waals surface area contributed by atoms with Gasteiger partial charge in [-0.1, -0.05) is 0 Å². The monoisotopic (exact) mass is 330 g/mol. The van der Waals surface area contributed by atoms with Crippen LogP contribution in [0.2, 0.25) is 0 Å². The van der Waals surface area contributed by atoms with Crippen LogP contribution in [0, 0.1) is 0 Å². The first-order chi connectivity index (χ1) is 9.88. The number of rotatable bonds is 3. The van der Waals surface area contributed by atoms with Crippen molar-refractivity contribution < 1.29 is 0 Å². The van der Waals surface area contributed by atoms with Crippen LogP contribution in [0.4, 0.5) is 0 Å². The van der Waals surface area contributed by atoms with Gasteiger partial charge in [0.15, 0.2) is 5.96 Å². The van der Waals surface area contributed by atoms with E-state index in [0.29, 0.717) is 4.75 Å². The van der Waals surface area contributed by atoms with Gasteiger partial charge in [-0.05, 0) is 40.1 Å². The summed E-state index contributed by atoms with van der Waals surface area (Å²) in [5, 5.41) is 3.65. The summed E-state index contributed by atoms with van der Waals surface area (Å²) < 4.78 is 0.318. The molecule has 122 valence electrons. The van der Waals surface area contributed by atoms with E-state index in [1.165, 1.54) is 23.7 Å². The number of nitrogens with one attached hydrogen (secondary N) is 1. The molecule has 0 aromatic rings. The standard InChI is InChI=1S/C15H30N4S2/c1-14(2)11-19(7-9-21-14)13(16-3)17-10-15(18(4)5)6-8-20-12-15/h6-12H2,1-5H3,(H,16,17). The Balaban J connectivity index is 1.96. The fourth-order valence-corrected chi connectivity index (χ4v) is 5.68. The molecule has 2 aliphatic rings. The Morgan fingerprint density at radius 1 is 1.33 bits per heavy atom. The number of likely N-dealkylation sites (N-methyl/N-ethyl adjacent to an activating group) is 1. The summed E-state index contributed by atoms with van der Waals surface area (Å²) in [6.45, 7) is 7.81. The van der Waals surface area contributed by atoms with Gasteiger partial charge in [-0.2, -0.15) is 23.5 Å². The van der Waals surface area contributed by atoms with E-state index in [1.54, 1.807) is 0 Å². The molecular formula is C15H30N4S2. The van der Waals surface area contributed by atoms with Crippen molar-refractivity contribution in [3.8, 4) is 0 Å². The van der Waals surface area contributed by atoms with Gasteiger partial charge in [-0.25, -0.2) is 0 Å². The zero-order chi connectivity index (χ0) is 15.5. The summed E-state index contributed by atoms with van der Waals surface area (Å²) in [4.78, 5) is 9.34. The Morgan fingerprint density at radius 3 is 2.62 bits per heavy atom. The van der Waals surface area contributed by atoms with Crippen molar-refractivity contribution in [2.75, 3.05) is 58.0 Å². The summed E-state index contributed by atoms with van der Waals surface area (Å²) in [5.41, 5.74) is 0.278. The molecular weight excluding hydrogens is 300 g/mol. The van der Waals surface area contributed by atoms with Crippen LogP contribution in [0.1, 0.15) is 20.3 Å². The second-order valence-corrected chi connectivity index (χ2v) is 9.76. The fraction of sp³-hybridized carbons (Fsp3) is 0.933. The van der Waals surface area contributed by atoms with Gasteiger partial charge in [0.05, 0.1) is 0 Å². The van der Waals surface area contributed by atoms with Gasteiger partial charge < -0.3 is 15.1 Å². The molecule has 2 fully saturated rings. The van der Waals surface area contributed by atoms with Crippen LogP contribution in [0.25, 0.3) is 0 Å². The van der Waals surface area contributed by atoms with E-state index in [1.807, 2.05) is 7.05 Å². The molecule has 0 saturated carbocycles. The highest BCUT2D eigenvalue weighted by atomic mass is 32.2. The maximum atomic E-state index is 4.53. The number of thioether (sulfide) groups is 2. The molecule has 4 nitrogen and oxygen atoms in total. The maximum absolute atomic E-state index is 4.53. The average molecular weight is 331 g/mol. The Bertz CT molecular complexity index is 376. The van der Waals surface area contributed by atoms with Crippen LogP contribution in [-0.4, -0.2) is 84.1 Å². The summed E-state index contributed by atoms with van der Waals surface area (Å²) in [7, 11) is 6.32. The zero-order valence-electron chi connectivity index (χ0n) is 14.1. The minimum Gasteiger partial charge on any atom is -0.354 e. The van der Waals surface area contributed by atoms with Gasteiger partial charge >= 0.3 is 0 Å². The molecule has 21 heavy (non-hydrogen) atoms. The van der Waals surface area contributed by atoms with Crippen molar-refractivity contribution in [1.82, 2.24) is 15.1 Å². The van der Waals surface area contributed by atoms with E-state index < -0.39 is 0 Å². The number of hydrogen-bond acceptors (Lipinski definition) is 4. The molecule has 1 atom stereocenters. The lowest BCUT2D eigenvalue weighted by atomic mass is 9.97. The van der Waals surface area contributed by atoms with Crippen molar-refractivity contribution in [2.24, 2.45) is 4.99 Å². The van der Waals surface area contributed by atoms with E-state index >= 15 is 0 Å². The van der Waals surface area contributed by atoms with E-state index in [-0.39, 0.29) is 5.54 Å². The van der Waals surface area contributed by atoms with Gasteiger partial charge in [0, 0.05) is 48.5 Å². The van der Waals surface area contributed by atoms with Crippen molar-refractivity contribution in [3.63, 3.8) is 0 Å². The smallest absolute Gasteiger partial charge is 0.193 e. The lowest BCUT2D eigenvalue weighted by Gasteiger charge is -2.41. The Labute approximate surface area is 138 Å². The van der Waals surface area contributed by atoms with E-state index in [4.69, 9.17) is 0 Å². The lowest BCUT2D eigenvalue weighted by molar-refractivity contribution is 0.181. The van der Waals surface area contributed by atoms with Gasteiger partial charge in [0.25, 0.3) is 0 Å². The molecule has 0 bridgehead atoms. The summed E-state index contributed by atoms with van der Waals surface area (Å²) in [6, 6.07) is 0. The maximum Gasteiger partial charge on any atom is 0.193 e. The fourth-order valence-electron chi connectivity index (χ4n) is 3.02. The molecule has 0 radical (unpaired) electrons. The third kappa shape index (κ3) is 4.23. The van der Waals surface area contributed by atoms with Crippen molar-refractivity contribution in [1.29, 1.82) is 0 Å². The zero-order valence-corrected chi connectivity index (χ0v) is 15.7. The molecule has 0 aromatic carbocycles. The number of aliphatic imine (C=N–C) groups is 1. The molecule has 6 heteroatoms. The second-order valence-electron chi connectivity index (χ2n) is 6.85. The highest BCUT2D eigenvalue weighted by Gasteiger charge is 2.37. The minimum absolute atomic E-state index is 0.278. The predicted molar refractivity (Wildman–Crippen MR) is 97.8 cm³/mol. The number of hydrogen-bond donors (Lipinski definition) is 1. The van der Waals surface area contributed by atoms with Gasteiger partial charge in [0.2, 0.25) is 0 Å². The SMILES string of the molecule is CN=C(NCC1(N(C)C)CCSC1)N1CCSC(C)(C)C1. The van der Waals surface area contributed by atoms with E-state index in [2.05, 4.69) is 71.6 Å². The molecule has 2 saturated heterocycles. The van der Waals surface area contributed by atoms with E-state index in [9.17, 15) is 0 Å². The largest absolute Gasteiger partial charge is 0.354 e. The Kier molecular flexibility index (Phi) is 5.77. The molecule has 1 unspecified atom stereocenters. The molecule has 2 heterocycles. The molecule has 0 spiro atoms. The van der Waals surface area contributed by atoms with Crippen LogP contribution in [0.3, 0.4) is 0 Å². The normalized spacial score (nSPS) is 30.0. The molecule has 0 amide bonds. The van der Waals surface area contributed by atoms with Gasteiger partial charge in [0.1, 0.15) is 0 Å². The highest BCUT2D eigenvalue weighted by molar-refractivity contribution is 8.00. The Hall–Kier alpha value is -0.0700. The van der Waals surface area contributed by atoms with Crippen LogP contribution in [0.15, 0.2) is 4.99 Å². The lowest BCUT2D eigenvalue weighted by Crippen LogP contribution is -2.57.